The van der Waals surface area contributed by atoms with Crippen molar-refractivity contribution in [2.75, 3.05) is 6.54 Å². The molecule has 1 aromatic carbocycles. The third-order valence-corrected chi connectivity index (χ3v) is 3.74. The molecule has 0 spiro atoms. The van der Waals surface area contributed by atoms with Crippen LogP contribution >= 0.6 is 11.6 Å². The number of hydrogen-bond acceptors (Lipinski definition) is 2. The molecule has 1 N–H and O–H groups in total. The average molecular weight is 314 g/mol. The van der Waals surface area contributed by atoms with Gasteiger partial charge in [-0.05, 0) is 37.1 Å². The van der Waals surface area contributed by atoms with Gasteiger partial charge in [0.25, 0.3) is 0 Å². The van der Waals surface area contributed by atoms with Crippen molar-refractivity contribution in [2.45, 2.75) is 26.3 Å². The van der Waals surface area contributed by atoms with Gasteiger partial charge in [-0.25, -0.2) is 8.78 Å². The molecule has 2 rings (SSSR count). The Labute approximate surface area is 127 Å². The van der Waals surface area contributed by atoms with Crippen molar-refractivity contribution in [1.82, 2.24) is 15.1 Å². The smallest absolute Gasteiger partial charge is 0.126 e. The van der Waals surface area contributed by atoms with Crippen LogP contribution in [0.4, 0.5) is 8.78 Å². The van der Waals surface area contributed by atoms with E-state index in [2.05, 4.69) is 10.4 Å². The van der Waals surface area contributed by atoms with Crippen LogP contribution in [0.25, 0.3) is 0 Å². The SMILES string of the molecule is CCc1nn(C)c(CNCCc2cc(F)cc(F)c2)c1Cl. The lowest BCUT2D eigenvalue weighted by atomic mass is 10.1. The molecule has 0 aliphatic carbocycles. The van der Waals surface area contributed by atoms with Gasteiger partial charge in [0.05, 0.1) is 16.4 Å². The maximum Gasteiger partial charge on any atom is 0.126 e. The predicted molar refractivity (Wildman–Crippen MR) is 79.4 cm³/mol. The van der Waals surface area contributed by atoms with E-state index in [0.717, 1.165) is 23.9 Å². The molecular formula is C15H18ClF2N3. The number of hydrogen-bond donors (Lipinski definition) is 1. The van der Waals surface area contributed by atoms with Crippen LogP contribution in [-0.4, -0.2) is 16.3 Å². The van der Waals surface area contributed by atoms with Crippen molar-refractivity contribution < 1.29 is 8.78 Å². The largest absolute Gasteiger partial charge is 0.311 e. The summed E-state index contributed by atoms with van der Waals surface area (Å²) in [4.78, 5) is 0. The number of aromatic nitrogens is 2. The predicted octanol–water partition coefficient (Wildman–Crippen LogP) is 3.25. The summed E-state index contributed by atoms with van der Waals surface area (Å²) in [6.07, 6.45) is 1.33. The summed E-state index contributed by atoms with van der Waals surface area (Å²) < 4.78 is 27.9. The van der Waals surface area contributed by atoms with Crippen LogP contribution in [0.2, 0.25) is 5.02 Å². The van der Waals surface area contributed by atoms with Crippen LogP contribution in [0.5, 0.6) is 0 Å². The van der Waals surface area contributed by atoms with Crippen molar-refractivity contribution in [2.24, 2.45) is 7.05 Å². The molecule has 0 saturated carbocycles. The minimum absolute atomic E-state index is 0.546. The Bertz CT molecular complexity index is 605. The summed E-state index contributed by atoms with van der Waals surface area (Å²) in [5.41, 5.74) is 2.42. The molecular weight excluding hydrogens is 296 g/mol. The molecule has 0 fully saturated rings. The van der Waals surface area contributed by atoms with Gasteiger partial charge in [-0.3, -0.25) is 4.68 Å². The van der Waals surface area contributed by atoms with Crippen molar-refractivity contribution >= 4 is 11.6 Å². The second-order valence-corrected chi connectivity index (χ2v) is 5.27. The quantitative estimate of drug-likeness (QED) is 0.830. The van der Waals surface area contributed by atoms with Crippen LogP contribution in [0.1, 0.15) is 23.9 Å². The summed E-state index contributed by atoms with van der Waals surface area (Å²) in [6, 6.07) is 3.56. The number of rotatable bonds is 6. The van der Waals surface area contributed by atoms with Crippen LogP contribution < -0.4 is 5.32 Å². The minimum atomic E-state index is -0.549. The molecule has 0 aliphatic heterocycles. The monoisotopic (exact) mass is 313 g/mol. The molecule has 1 aromatic heterocycles. The fraction of sp³-hybridized carbons (Fsp3) is 0.400. The number of benzene rings is 1. The lowest BCUT2D eigenvalue weighted by Gasteiger charge is -2.06. The normalized spacial score (nSPS) is 11.1. The Morgan fingerprint density at radius 3 is 2.48 bits per heavy atom. The van der Waals surface area contributed by atoms with E-state index in [-0.39, 0.29) is 0 Å². The van der Waals surface area contributed by atoms with Gasteiger partial charge in [0.15, 0.2) is 0 Å². The third kappa shape index (κ3) is 4.02. The lowest BCUT2D eigenvalue weighted by molar-refractivity contribution is 0.576. The summed E-state index contributed by atoms with van der Waals surface area (Å²) in [5, 5.41) is 8.24. The fourth-order valence-electron chi connectivity index (χ4n) is 2.21. The van der Waals surface area contributed by atoms with Gasteiger partial charge < -0.3 is 5.32 Å². The molecule has 0 atom stereocenters. The zero-order valence-corrected chi connectivity index (χ0v) is 12.8. The highest BCUT2D eigenvalue weighted by Gasteiger charge is 2.12. The highest BCUT2D eigenvalue weighted by molar-refractivity contribution is 6.31. The summed E-state index contributed by atoms with van der Waals surface area (Å²) in [7, 11) is 1.85. The van der Waals surface area contributed by atoms with E-state index in [1.165, 1.54) is 12.1 Å². The summed E-state index contributed by atoms with van der Waals surface area (Å²) in [6.45, 7) is 3.18. The maximum atomic E-state index is 13.1. The molecule has 6 heteroatoms. The summed E-state index contributed by atoms with van der Waals surface area (Å²) >= 11 is 6.24. The Morgan fingerprint density at radius 1 is 1.24 bits per heavy atom. The summed E-state index contributed by atoms with van der Waals surface area (Å²) in [5.74, 6) is -1.10. The highest BCUT2D eigenvalue weighted by atomic mass is 35.5. The Hall–Kier alpha value is -1.46. The first kappa shape index (κ1) is 15.9. The topological polar surface area (TPSA) is 29.9 Å². The standard InChI is InChI=1S/C15H18ClF2N3/c1-3-13-15(16)14(21(2)20-13)9-19-5-4-10-6-11(17)8-12(18)7-10/h6-8,19H,3-5,9H2,1-2H3. The van der Waals surface area contributed by atoms with Gasteiger partial charge in [-0.1, -0.05) is 18.5 Å². The first-order chi connectivity index (χ1) is 10.0. The molecule has 2 aromatic rings. The molecule has 0 bridgehead atoms. The maximum absolute atomic E-state index is 13.1. The first-order valence-corrected chi connectivity index (χ1v) is 7.25. The van der Waals surface area contributed by atoms with E-state index in [1.54, 1.807) is 4.68 Å². The van der Waals surface area contributed by atoms with E-state index in [4.69, 9.17) is 11.6 Å². The van der Waals surface area contributed by atoms with Crippen molar-refractivity contribution in [3.8, 4) is 0 Å². The molecule has 3 nitrogen and oxygen atoms in total. The molecule has 0 radical (unpaired) electrons. The molecule has 0 unspecified atom stereocenters. The van der Waals surface area contributed by atoms with Gasteiger partial charge in [0.2, 0.25) is 0 Å². The second-order valence-electron chi connectivity index (χ2n) is 4.89. The number of halogens is 3. The molecule has 1 heterocycles. The molecule has 21 heavy (non-hydrogen) atoms. The molecule has 0 aliphatic rings. The molecule has 0 amide bonds. The Kier molecular flexibility index (Phi) is 5.31. The van der Waals surface area contributed by atoms with Crippen LogP contribution in [0, 0.1) is 11.6 Å². The Balaban J connectivity index is 1.89. The third-order valence-electron chi connectivity index (χ3n) is 3.31. The van der Waals surface area contributed by atoms with Gasteiger partial charge in [-0.15, -0.1) is 0 Å². The second kappa shape index (κ2) is 7.00. The van der Waals surface area contributed by atoms with E-state index in [1.807, 2.05) is 14.0 Å². The van der Waals surface area contributed by atoms with E-state index >= 15 is 0 Å². The van der Waals surface area contributed by atoms with Crippen LogP contribution in [-0.2, 0) is 26.4 Å². The van der Waals surface area contributed by atoms with Crippen LogP contribution in [0.3, 0.4) is 0 Å². The molecule has 0 saturated heterocycles. The van der Waals surface area contributed by atoms with Crippen molar-refractivity contribution in [3.05, 3.63) is 51.8 Å². The van der Waals surface area contributed by atoms with Crippen molar-refractivity contribution in [1.29, 1.82) is 0 Å². The van der Waals surface area contributed by atoms with E-state index in [9.17, 15) is 8.78 Å². The van der Waals surface area contributed by atoms with Gasteiger partial charge in [-0.2, -0.15) is 5.10 Å². The van der Waals surface area contributed by atoms with E-state index in [0.29, 0.717) is 30.1 Å². The van der Waals surface area contributed by atoms with Gasteiger partial charge in [0, 0.05) is 19.7 Å². The number of aryl methyl sites for hydroxylation is 2. The zero-order chi connectivity index (χ0) is 15.4. The van der Waals surface area contributed by atoms with Gasteiger partial charge >= 0.3 is 0 Å². The number of nitrogens with one attached hydrogen (secondary N) is 1. The van der Waals surface area contributed by atoms with E-state index < -0.39 is 11.6 Å². The van der Waals surface area contributed by atoms with Crippen molar-refractivity contribution in [3.63, 3.8) is 0 Å². The lowest BCUT2D eigenvalue weighted by Crippen LogP contribution is -2.19. The zero-order valence-electron chi connectivity index (χ0n) is 12.1. The fourth-order valence-corrected chi connectivity index (χ4v) is 2.57. The highest BCUT2D eigenvalue weighted by Crippen LogP contribution is 2.20. The first-order valence-electron chi connectivity index (χ1n) is 6.87. The average Bonchev–Trinajstić information content (AvgIpc) is 2.69. The number of nitrogens with zero attached hydrogens (tertiary/aromatic N) is 2. The molecule has 114 valence electrons. The van der Waals surface area contributed by atoms with Crippen LogP contribution in [0.15, 0.2) is 18.2 Å². The Morgan fingerprint density at radius 2 is 1.90 bits per heavy atom. The minimum Gasteiger partial charge on any atom is -0.311 e. The van der Waals surface area contributed by atoms with Gasteiger partial charge in [0.1, 0.15) is 11.6 Å².